The average molecular weight is 214 g/mol. The molecular formula is C12H26N2O. The Morgan fingerprint density at radius 2 is 2.13 bits per heavy atom. The third-order valence-electron chi connectivity index (χ3n) is 3.81. The van der Waals surface area contributed by atoms with Crippen LogP contribution in [0.1, 0.15) is 34.1 Å². The van der Waals surface area contributed by atoms with Crippen LogP contribution < -0.4 is 5.73 Å². The van der Waals surface area contributed by atoms with Crippen molar-refractivity contribution in [3.63, 3.8) is 0 Å². The van der Waals surface area contributed by atoms with E-state index in [0.29, 0.717) is 5.92 Å². The summed E-state index contributed by atoms with van der Waals surface area (Å²) in [6.45, 7) is 11.7. The van der Waals surface area contributed by atoms with Gasteiger partial charge >= 0.3 is 0 Å². The van der Waals surface area contributed by atoms with Crippen LogP contribution in [0.3, 0.4) is 0 Å². The average Bonchev–Trinajstić information content (AvgIpc) is 2.10. The van der Waals surface area contributed by atoms with E-state index >= 15 is 0 Å². The SMILES string of the molecule is CC1CN(CC(C)(C)C(C)N)CCC1O. The number of aliphatic hydroxyl groups is 1. The summed E-state index contributed by atoms with van der Waals surface area (Å²) in [6, 6.07) is 0.208. The summed E-state index contributed by atoms with van der Waals surface area (Å²) < 4.78 is 0. The smallest absolute Gasteiger partial charge is 0.0590 e. The third-order valence-corrected chi connectivity index (χ3v) is 3.81. The monoisotopic (exact) mass is 214 g/mol. The summed E-state index contributed by atoms with van der Waals surface area (Å²) in [5, 5.41) is 9.65. The van der Waals surface area contributed by atoms with E-state index in [9.17, 15) is 5.11 Å². The van der Waals surface area contributed by atoms with E-state index < -0.39 is 0 Å². The summed E-state index contributed by atoms with van der Waals surface area (Å²) in [6.07, 6.45) is 0.788. The minimum absolute atomic E-state index is 0.111. The molecule has 0 aromatic carbocycles. The lowest BCUT2D eigenvalue weighted by molar-refractivity contribution is 0.0183. The second-order valence-corrected chi connectivity index (χ2v) is 5.85. The zero-order chi connectivity index (χ0) is 11.6. The number of hydrogen-bond donors (Lipinski definition) is 2. The van der Waals surface area contributed by atoms with Crippen molar-refractivity contribution < 1.29 is 5.11 Å². The lowest BCUT2D eigenvalue weighted by Gasteiger charge is -2.40. The van der Waals surface area contributed by atoms with Crippen molar-refractivity contribution in [2.75, 3.05) is 19.6 Å². The molecule has 0 radical (unpaired) electrons. The highest BCUT2D eigenvalue weighted by Gasteiger charge is 2.30. The fourth-order valence-electron chi connectivity index (χ4n) is 2.08. The highest BCUT2D eigenvalue weighted by molar-refractivity contribution is 4.85. The lowest BCUT2D eigenvalue weighted by atomic mass is 9.84. The minimum atomic E-state index is -0.111. The molecule has 0 bridgehead atoms. The molecule has 0 aromatic heterocycles. The van der Waals surface area contributed by atoms with Crippen LogP contribution >= 0.6 is 0 Å². The highest BCUT2D eigenvalue weighted by Crippen LogP contribution is 2.24. The fourth-order valence-corrected chi connectivity index (χ4v) is 2.08. The number of nitrogens with two attached hydrogens (primary N) is 1. The van der Waals surface area contributed by atoms with E-state index in [1.165, 1.54) is 0 Å². The summed E-state index contributed by atoms with van der Waals surface area (Å²) in [4.78, 5) is 2.43. The predicted molar refractivity (Wildman–Crippen MR) is 63.7 cm³/mol. The summed E-state index contributed by atoms with van der Waals surface area (Å²) in [5.41, 5.74) is 6.13. The fraction of sp³-hybridized carbons (Fsp3) is 1.00. The normalized spacial score (nSPS) is 31.6. The van der Waals surface area contributed by atoms with Gasteiger partial charge in [-0.3, -0.25) is 0 Å². The van der Waals surface area contributed by atoms with Gasteiger partial charge in [-0.25, -0.2) is 0 Å². The van der Waals surface area contributed by atoms with E-state index in [-0.39, 0.29) is 17.6 Å². The molecule has 1 fully saturated rings. The number of aliphatic hydroxyl groups excluding tert-OH is 1. The molecule has 3 heteroatoms. The molecule has 3 atom stereocenters. The Hall–Kier alpha value is -0.120. The van der Waals surface area contributed by atoms with E-state index in [1.807, 2.05) is 0 Å². The Morgan fingerprint density at radius 1 is 1.53 bits per heavy atom. The van der Waals surface area contributed by atoms with Gasteiger partial charge in [-0.1, -0.05) is 20.8 Å². The first-order valence-electron chi connectivity index (χ1n) is 5.99. The second-order valence-electron chi connectivity index (χ2n) is 5.85. The van der Waals surface area contributed by atoms with Gasteiger partial charge < -0.3 is 15.7 Å². The Morgan fingerprint density at radius 3 is 2.60 bits per heavy atom. The van der Waals surface area contributed by atoms with E-state index in [0.717, 1.165) is 26.1 Å². The molecule has 0 spiro atoms. The topological polar surface area (TPSA) is 49.5 Å². The number of piperidine rings is 1. The van der Waals surface area contributed by atoms with Gasteiger partial charge in [0.25, 0.3) is 0 Å². The molecule has 90 valence electrons. The predicted octanol–water partition coefficient (Wildman–Crippen LogP) is 1.06. The molecule has 15 heavy (non-hydrogen) atoms. The molecule has 0 amide bonds. The van der Waals surface area contributed by atoms with Crippen molar-refractivity contribution in [1.29, 1.82) is 0 Å². The van der Waals surface area contributed by atoms with Crippen molar-refractivity contribution in [2.24, 2.45) is 17.1 Å². The Kier molecular flexibility index (Phi) is 4.15. The Labute approximate surface area is 93.6 Å². The maximum absolute atomic E-state index is 9.65. The molecular weight excluding hydrogens is 188 g/mol. The van der Waals surface area contributed by atoms with Gasteiger partial charge in [0.1, 0.15) is 0 Å². The maximum Gasteiger partial charge on any atom is 0.0590 e. The van der Waals surface area contributed by atoms with Gasteiger partial charge in [0.05, 0.1) is 6.10 Å². The number of hydrogen-bond acceptors (Lipinski definition) is 3. The van der Waals surface area contributed by atoms with Crippen LogP contribution in [0, 0.1) is 11.3 Å². The largest absolute Gasteiger partial charge is 0.393 e. The van der Waals surface area contributed by atoms with Crippen LogP contribution in [0.5, 0.6) is 0 Å². The molecule has 3 unspecified atom stereocenters. The van der Waals surface area contributed by atoms with Crippen molar-refractivity contribution in [2.45, 2.75) is 46.3 Å². The number of nitrogens with zero attached hydrogens (tertiary/aromatic N) is 1. The minimum Gasteiger partial charge on any atom is -0.393 e. The molecule has 0 saturated carbocycles. The number of likely N-dealkylation sites (tertiary alicyclic amines) is 1. The van der Waals surface area contributed by atoms with E-state index in [1.54, 1.807) is 0 Å². The van der Waals surface area contributed by atoms with Crippen LogP contribution in [0.4, 0.5) is 0 Å². The van der Waals surface area contributed by atoms with Gasteiger partial charge in [0.15, 0.2) is 0 Å². The molecule has 1 rings (SSSR count). The van der Waals surface area contributed by atoms with Gasteiger partial charge in [-0.05, 0) is 24.7 Å². The van der Waals surface area contributed by atoms with Gasteiger partial charge in [-0.2, -0.15) is 0 Å². The summed E-state index contributed by atoms with van der Waals surface area (Å²) >= 11 is 0. The highest BCUT2D eigenvalue weighted by atomic mass is 16.3. The zero-order valence-corrected chi connectivity index (χ0v) is 10.5. The van der Waals surface area contributed by atoms with Crippen LogP contribution in [0.2, 0.25) is 0 Å². The van der Waals surface area contributed by atoms with Crippen molar-refractivity contribution in [3.8, 4) is 0 Å². The molecule has 1 saturated heterocycles. The molecule has 0 aliphatic carbocycles. The molecule has 1 aliphatic heterocycles. The maximum atomic E-state index is 9.65. The van der Waals surface area contributed by atoms with E-state index in [2.05, 4.69) is 32.6 Å². The van der Waals surface area contributed by atoms with E-state index in [4.69, 9.17) is 5.73 Å². The van der Waals surface area contributed by atoms with Crippen molar-refractivity contribution in [3.05, 3.63) is 0 Å². The standard InChI is InChI=1S/C12H26N2O/c1-9-7-14(6-5-11(9)15)8-12(3,4)10(2)13/h9-11,15H,5-8,13H2,1-4H3. The second kappa shape index (κ2) is 4.81. The van der Waals surface area contributed by atoms with Crippen molar-refractivity contribution in [1.82, 2.24) is 4.90 Å². The molecule has 3 N–H and O–H groups in total. The summed E-state index contributed by atoms with van der Waals surface area (Å²) in [7, 11) is 0. The van der Waals surface area contributed by atoms with Crippen LogP contribution in [-0.4, -0.2) is 41.8 Å². The van der Waals surface area contributed by atoms with Gasteiger partial charge in [0.2, 0.25) is 0 Å². The molecule has 1 aliphatic rings. The quantitative estimate of drug-likeness (QED) is 0.738. The van der Waals surface area contributed by atoms with Crippen LogP contribution in [0.15, 0.2) is 0 Å². The Bertz CT molecular complexity index is 204. The zero-order valence-electron chi connectivity index (χ0n) is 10.5. The first-order valence-corrected chi connectivity index (χ1v) is 5.99. The van der Waals surface area contributed by atoms with Crippen molar-refractivity contribution >= 4 is 0 Å². The third kappa shape index (κ3) is 3.44. The van der Waals surface area contributed by atoms with Crippen LogP contribution in [0.25, 0.3) is 0 Å². The molecule has 0 aromatic rings. The first-order chi connectivity index (χ1) is 6.83. The summed E-state index contributed by atoms with van der Waals surface area (Å²) in [5.74, 6) is 0.391. The van der Waals surface area contributed by atoms with Gasteiger partial charge in [0, 0.05) is 25.7 Å². The Balaban J connectivity index is 2.46. The lowest BCUT2D eigenvalue weighted by Crippen LogP contribution is -2.49. The number of rotatable bonds is 3. The van der Waals surface area contributed by atoms with Crippen LogP contribution in [-0.2, 0) is 0 Å². The van der Waals surface area contributed by atoms with Gasteiger partial charge in [-0.15, -0.1) is 0 Å². The first kappa shape index (κ1) is 12.9. The molecule has 3 nitrogen and oxygen atoms in total. The molecule has 1 heterocycles.